The van der Waals surface area contributed by atoms with Crippen molar-refractivity contribution >= 4 is 29.5 Å². The Hall–Kier alpha value is -1.62. The molecule has 108 valence electrons. The molecule has 2 rings (SSSR count). The topological polar surface area (TPSA) is 51.5 Å². The first-order chi connectivity index (χ1) is 9.65. The zero-order valence-corrected chi connectivity index (χ0v) is 12.4. The largest absolute Gasteiger partial charge is 0.508 e. The van der Waals surface area contributed by atoms with E-state index in [9.17, 15) is 9.90 Å². The number of aryl methyl sites for hydroxylation is 1. The molecule has 4 nitrogen and oxygen atoms in total. The number of hydrogen-bond donors (Lipinski definition) is 2. The highest BCUT2D eigenvalue weighted by atomic mass is 32.1. The molecule has 0 saturated carbocycles. The number of carbonyl (C=O) groups excluding carboxylic acids is 1. The summed E-state index contributed by atoms with van der Waals surface area (Å²) in [6.07, 6.45) is 1.78. The number of thiol groups is 1. The second-order valence-corrected chi connectivity index (χ2v) is 5.04. The van der Waals surface area contributed by atoms with Gasteiger partial charge in [-0.25, -0.2) is 0 Å². The van der Waals surface area contributed by atoms with Gasteiger partial charge < -0.3 is 14.4 Å². The Labute approximate surface area is 123 Å². The van der Waals surface area contributed by atoms with Gasteiger partial charge in [0.2, 0.25) is 0 Å². The van der Waals surface area contributed by atoms with Crippen LogP contribution in [0.2, 0.25) is 0 Å². The van der Waals surface area contributed by atoms with Crippen molar-refractivity contribution < 1.29 is 14.6 Å². The number of aromatic nitrogens is 1. The van der Waals surface area contributed by atoms with E-state index in [2.05, 4.69) is 12.6 Å². The lowest BCUT2D eigenvalue weighted by atomic mass is 10.2. The third kappa shape index (κ3) is 3.28. The van der Waals surface area contributed by atoms with Crippen molar-refractivity contribution in [2.45, 2.75) is 26.3 Å². The Morgan fingerprint density at radius 3 is 2.90 bits per heavy atom. The quantitative estimate of drug-likeness (QED) is 0.636. The molecular formula is C15H19NO3S. The van der Waals surface area contributed by atoms with Crippen LogP contribution >= 0.6 is 12.6 Å². The minimum Gasteiger partial charge on any atom is -0.508 e. The van der Waals surface area contributed by atoms with Gasteiger partial charge in [-0.1, -0.05) is 0 Å². The van der Waals surface area contributed by atoms with Gasteiger partial charge in [-0.2, -0.15) is 12.6 Å². The number of esters is 1. The second kappa shape index (κ2) is 6.70. The minimum absolute atomic E-state index is 0.198. The molecule has 0 amide bonds. The standard InChI is InChI=1S/C15H19NO3S/c1-2-19-15(18)10-16-12(4-3-7-20)8-11-9-13(17)5-6-14(11)16/h5-6,8-9,17,20H,2-4,7,10H2,1H3. The van der Waals surface area contributed by atoms with Crippen LogP contribution in [0.3, 0.4) is 0 Å². The van der Waals surface area contributed by atoms with Crippen LogP contribution in [0.15, 0.2) is 24.3 Å². The molecule has 0 aliphatic rings. The highest BCUT2D eigenvalue weighted by molar-refractivity contribution is 7.80. The van der Waals surface area contributed by atoms with Gasteiger partial charge in [0.15, 0.2) is 0 Å². The summed E-state index contributed by atoms with van der Waals surface area (Å²) < 4.78 is 6.98. The fourth-order valence-electron chi connectivity index (χ4n) is 2.31. The first kappa shape index (κ1) is 14.8. The molecule has 0 aliphatic carbocycles. The number of rotatable bonds is 6. The highest BCUT2D eigenvalue weighted by Crippen LogP contribution is 2.25. The lowest BCUT2D eigenvalue weighted by Gasteiger charge is -2.10. The van der Waals surface area contributed by atoms with E-state index in [0.29, 0.717) is 6.61 Å². The second-order valence-electron chi connectivity index (χ2n) is 4.60. The lowest BCUT2D eigenvalue weighted by molar-refractivity contribution is -0.143. The molecule has 1 aromatic carbocycles. The molecule has 1 N–H and O–H groups in total. The summed E-state index contributed by atoms with van der Waals surface area (Å²) in [5.74, 6) is 0.781. The van der Waals surface area contributed by atoms with Crippen LogP contribution in [0.4, 0.5) is 0 Å². The van der Waals surface area contributed by atoms with Crippen LogP contribution in [0.1, 0.15) is 19.0 Å². The van der Waals surface area contributed by atoms with Crippen molar-refractivity contribution in [1.29, 1.82) is 0 Å². The van der Waals surface area contributed by atoms with Crippen LogP contribution < -0.4 is 0 Å². The molecule has 1 heterocycles. The highest BCUT2D eigenvalue weighted by Gasteiger charge is 2.13. The molecule has 0 aliphatic heterocycles. The number of fused-ring (bicyclic) bond motifs is 1. The Balaban J connectivity index is 2.38. The molecule has 0 spiro atoms. The first-order valence-electron chi connectivity index (χ1n) is 6.73. The Morgan fingerprint density at radius 1 is 1.40 bits per heavy atom. The Kier molecular flexibility index (Phi) is 4.95. The van der Waals surface area contributed by atoms with E-state index in [1.54, 1.807) is 19.1 Å². The van der Waals surface area contributed by atoms with Gasteiger partial charge in [0.05, 0.1) is 6.61 Å². The van der Waals surface area contributed by atoms with E-state index >= 15 is 0 Å². The smallest absolute Gasteiger partial charge is 0.325 e. The van der Waals surface area contributed by atoms with E-state index in [1.807, 2.05) is 16.7 Å². The van der Waals surface area contributed by atoms with Gasteiger partial charge in [-0.05, 0) is 49.8 Å². The number of hydrogen-bond acceptors (Lipinski definition) is 4. The minimum atomic E-state index is -0.245. The molecule has 20 heavy (non-hydrogen) atoms. The van der Waals surface area contributed by atoms with Crippen molar-refractivity contribution in [3.63, 3.8) is 0 Å². The molecular weight excluding hydrogens is 274 g/mol. The van der Waals surface area contributed by atoms with Crippen molar-refractivity contribution in [2.24, 2.45) is 0 Å². The van der Waals surface area contributed by atoms with Gasteiger partial charge in [0.1, 0.15) is 12.3 Å². The van der Waals surface area contributed by atoms with E-state index < -0.39 is 0 Å². The molecule has 5 heteroatoms. The third-order valence-electron chi connectivity index (χ3n) is 3.15. The predicted octanol–water partition coefficient (Wildman–Crippen LogP) is 2.77. The number of nitrogens with zero attached hydrogens (tertiary/aromatic N) is 1. The zero-order valence-electron chi connectivity index (χ0n) is 11.5. The summed E-state index contributed by atoms with van der Waals surface area (Å²) in [7, 11) is 0. The SMILES string of the molecule is CCOC(=O)Cn1c(CCCS)cc2cc(O)ccc21. The number of phenolic OH excluding ortho intramolecular Hbond substituents is 1. The molecule has 2 aromatic rings. The van der Waals surface area contributed by atoms with Crippen LogP contribution in [-0.4, -0.2) is 28.0 Å². The fourth-order valence-corrected chi connectivity index (χ4v) is 2.46. The van der Waals surface area contributed by atoms with Gasteiger partial charge in [-0.15, -0.1) is 0 Å². The maximum Gasteiger partial charge on any atom is 0.325 e. The lowest BCUT2D eigenvalue weighted by Crippen LogP contribution is -2.15. The predicted molar refractivity (Wildman–Crippen MR) is 82.4 cm³/mol. The van der Waals surface area contributed by atoms with E-state index in [-0.39, 0.29) is 18.3 Å². The number of carbonyl (C=O) groups is 1. The summed E-state index contributed by atoms with van der Waals surface area (Å²) in [4.78, 5) is 11.7. The normalized spacial score (nSPS) is 10.9. The number of ether oxygens (including phenoxy) is 1. The zero-order chi connectivity index (χ0) is 14.5. The summed E-state index contributed by atoms with van der Waals surface area (Å²) in [5.41, 5.74) is 2.00. The van der Waals surface area contributed by atoms with Crippen molar-refractivity contribution in [2.75, 3.05) is 12.4 Å². The Morgan fingerprint density at radius 2 is 2.20 bits per heavy atom. The molecule has 0 atom stereocenters. The van der Waals surface area contributed by atoms with Crippen LogP contribution in [-0.2, 0) is 22.5 Å². The van der Waals surface area contributed by atoms with E-state index in [0.717, 1.165) is 35.2 Å². The van der Waals surface area contributed by atoms with Crippen LogP contribution in [0.25, 0.3) is 10.9 Å². The van der Waals surface area contributed by atoms with Gasteiger partial charge in [-0.3, -0.25) is 4.79 Å². The van der Waals surface area contributed by atoms with Crippen LogP contribution in [0, 0.1) is 0 Å². The summed E-state index contributed by atoms with van der Waals surface area (Å²) in [6, 6.07) is 7.18. The van der Waals surface area contributed by atoms with Crippen LogP contribution in [0.5, 0.6) is 5.75 Å². The Bertz CT molecular complexity index is 606. The monoisotopic (exact) mass is 293 g/mol. The number of phenols is 1. The van der Waals surface area contributed by atoms with Gasteiger partial charge in [0.25, 0.3) is 0 Å². The van der Waals surface area contributed by atoms with Crippen molar-refractivity contribution in [3.05, 3.63) is 30.0 Å². The average Bonchev–Trinajstić information content (AvgIpc) is 2.74. The van der Waals surface area contributed by atoms with E-state index in [4.69, 9.17) is 4.74 Å². The summed E-state index contributed by atoms with van der Waals surface area (Å²) in [5, 5.41) is 10.5. The summed E-state index contributed by atoms with van der Waals surface area (Å²) in [6.45, 7) is 2.38. The number of benzene rings is 1. The molecule has 0 fully saturated rings. The van der Waals surface area contributed by atoms with Gasteiger partial charge >= 0.3 is 5.97 Å². The molecule has 0 saturated heterocycles. The maximum absolute atomic E-state index is 11.7. The molecule has 0 unspecified atom stereocenters. The maximum atomic E-state index is 11.7. The van der Waals surface area contributed by atoms with Crippen molar-refractivity contribution in [3.8, 4) is 5.75 Å². The summed E-state index contributed by atoms with van der Waals surface area (Å²) >= 11 is 4.23. The molecule has 1 aromatic heterocycles. The molecule has 0 radical (unpaired) electrons. The number of aromatic hydroxyl groups is 1. The molecule has 0 bridgehead atoms. The van der Waals surface area contributed by atoms with Gasteiger partial charge in [0, 0.05) is 16.6 Å². The third-order valence-corrected chi connectivity index (χ3v) is 3.47. The first-order valence-corrected chi connectivity index (χ1v) is 7.36. The fraction of sp³-hybridized carbons (Fsp3) is 0.400. The van der Waals surface area contributed by atoms with Crippen molar-refractivity contribution in [1.82, 2.24) is 4.57 Å². The van der Waals surface area contributed by atoms with E-state index in [1.165, 1.54) is 0 Å². The average molecular weight is 293 g/mol.